The molecule has 2 aromatic rings. The summed E-state index contributed by atoms with van der Waals surface area (Å²) < 4.78 is 32.2. The molecule has 0 spiro atoms. The summed E-state index contributed by atoms with van der Waals surface area (Å²) >= 11 is 0. The summed E-state index contributed by atoms with van der Waals surface area (Å²) in [7, 11) is -3.41. The maximum Gasteiger partial charge on any atom is 0.217 e. The zero-order chi connectivity index (χ0) is 14.0. The number of hydrogen-bond donors (Lipinski definition) is 2. The van der Waals surface area contributed by atoms with Gasteiger partial charge in [0.1, 0.15) is 11.4 Å². The van der Waals surface area contributed by atoms with E-state index in [1.54, 1.807) is 6.07 Å². The van der Waals surface area contributed by atoms with E-state index in [1.165, 1.54) is 0 Å². The van der Waals surface area contributed by atoms with Crippen LogP contribution in [-0.2, 0) is 15.8 Å². The molecule has 0 aliphatic carbocycles. The van der Waals surface area contributed by atoms with Crippen LogP contribution in [0.4, 0.5) is 0 Å². The largest absolute Gasteiger partial charge is 0.356 e. The van der Waals surface area contributed by atoms with Crippen LogP contribution in [0, 0.1) is 0 Å². The van der Waals surface area contributed by atoms with Crippen LogP contribution in [0.2, 0.25) is 0 Å². The lowest BCUT2D eigenvalue weighted by Gasteiger charge is -2.23. The van der Waals surface area contributed by atoms with E-state index >= 15 is 0 Å². The molecule has 0 amide bonds. The molecule has 1 atom stereocenters. The predicted octanol–water partition coefficient (Wildman–Crippen LogP) is 0.999. The monoisotopic (exact) mass is 295 g/mol. The smallest absolute Gasteiger partial charge is 0.217 e. The van der Waals surface area contributed by atoms with Gasteiger partial charge in [0.25, 0.3) is 0 Å². The molecule has 3 rings (SSSR count). The van der Waals surface area contributed by atoms with Crippen LogP contribution in [0.5, 0.6) is 0 Å². The van der Waals surface area contributed by atoms with Crippen LogP contribution in [0.25, 0.3) is 11.0 Å². The number of rotatable bonds is 4. The Kier molecular flexibility index (Phi) is 3.73. The fourth-order valence-electron chi connectivity index (χ4n) is 2.47. The van der Waals surface area contributed by atoms with Crippen LogP contribution in [0.1, 0.15) is 18.5 Å². The highest BCUT2D eigenvalue weighted by Gasteiger charge is 2.22. The van der Waals surface area contributed by atoms with Gasteiger partial charge in [0.2, 0.25) is 10.0 Å². The molecule has 7 heteroatoms. The number of sulfonamides is 1. The number of hydrogen-bond acceptors (Lipinski definition) is 5. The molecule has 108 valence electrons. The minimum absolute atomic E-state index is 0.0353. The van der Waals surface area contributed by atoms with E-state index in [9.17, 15) is 8.42 Å². The third kappa shape index (κ3) is 3.00. The third-order valence-electron chi connectivity index (χ3n) is 3.42. The normalized spacial score (nSPS) is 20.3. The van der Waals surface area contributed by atoms with E-state index < -0.39 is 10.0 Å². The first-order chi connectivity index (χ1) is 9.64. The molecule has 0 radical (unpaired) electrons. The molecule has 1 aliphatic rings. The van der Waals surface area contributed by atoms with Crippen LogP contribution >= 0.6 is 0 Å². The van der Waals surface area contributed by atoms with E-state index in [0.717, 1.165) is 24.8 Å². The zero-order valence-corrected chi connectivity index (χ0v) is 11.8. The third-order valence-corrected chi connectivity index (χ3v) is 4.77. The maximum absolute atomic E-state index is 12.2. The maximum atomic E-state index is 12.2. The van der Waals surface area contributed by atoms with Crippen molar-refractivity contribution >= 4 is 21.0 Å². The molecule has 1 saturated heterocycles. The summed E-state index contributed by atoms with van der Waals surface area (Å²) in [6, 6.07) is 7.23. The second-order valence-electron chi connectivity index (χ2n) is 5.05. The molecule has 6 nitrogen and oxygen atoms in total. The molecule has 2 heterocycles. The van der Waals surface area contributed by atoms with Crippen molar-refractivity contribution in [2.75, 3.05) is 13.1 Å². The van der Waals surface area contributed by atoms with Gasteiger partial charge in [-0.15, -0.1) is 0 Å². The number of fused-ring (bicyclic) bond motifs is 1. The molecule has 0 unspecified atom stereocenters. The molecule has 1 fully saturated rings. The van der Waals surface area contributed by atoms with Crippen molar-refractivity contribution in [3.05, 3.63) is 30.0 Å². The first kappa shape index (κ1) is 13.5. The van der Waals surface area contributed by atoms with Gasteiger partial charge in [0, 0.05) is 18.0 Å². The van der Waals surface area contributed by atoms with Crippen molar-refractivity contribution in [1.82, 2.24) is 15.2 Å². The predicted molar refractivity (Wildman–Crippen MR) is 75.7 cm³/mol. The summed E-state index contributed by atoms with van der Waals surface area (Å²) in [5.74, 6) is -0.152. The SMILES string of the molecule is O=S(=O)(Cc1noc2ccccc12)N[C@@H]1CCCNC1. The Bertz CT molecular complexity index is 690. The van der Waals surface area contributed by atoms with Gasteiger partial charge >= 0.3 is 0 Å². The van der Waals surface area contributed by atoms with Gasteiger partial charge in [-0.25, -0.2) is 13.1 Å². The molecular formula is C13H17N3O3S. The average molecular weight is 295 g/mol. The molecule has 1 aromatic heterocycles. The van der Waals surface area contributed by atoms with Gasteiger partial charge in [-0.05, 0) is 31.5 Å². The van der Waals surface area contributed by atoms with Gasteiger partial charge in [-0.2, -0.15) is 0 Å². The van der Waals surface area contributed by atoms with Crippen molar-refractivity contribution in [2.24, 2.45) is 0 Å². The topological polar surface area (TPSA) is 84.2 Å². The molecular weight excluding hydrogens is 278 g/mol. The Labute approximate surface area is 117 Å². The Morgan fingerprint density at radius 3 is 3.05 bits per heavy atom. The summed E-state index contributed by atoms with van der Waals surface area (Å²) in [5, 5.41) is 7.80. The first-order valence-corrected chi connectivity index (χ1v) is 8.33. The quantitative estimate of drug-likeness (QED) is 0.879. The van der Waals surface area contributed by atoms with Crippen LogP contribution in [0.15, 0.2) is 28.8 Å². The van der Waals surface area contributed by atoms with E-state index in [-0.39, 0.29) is 11.8 Å². The lowest BCUT2D eigenvalue weighted by molar-refractivity contribution is 0.427. The molecule has 2 N–H and O–H groups in total. The number of para-hydroxylation sites is 1. The number of piperidine rings is 1. The van der Waals surface area contributed by atoms with Gasteiger partial charge in [-0.3, -0.25) is 0 Å². The molecule has 1 aromatic carbocycles. The lowest BCUT2D eigenvalue weighted by Crippen LogP contribution is -2.45. The number of benzene rings is 1. The van der Waals surface area contributed by atoms with E-state index in [2.05, 4.69) is 15.2 Å². The number of nitrogens with zero attached hydrogens (tertiary/aromatic N) is 1. The molecule has 20 heavy (non-hydrogen) atoms. The van der Waals surface area contributed by atoms with Crippen LogP contribution < -0.4 is 10.0 Å². The highest BCUT2D eigenvalue weighted by Crippen LogP contribution is 2.19. The van der Waals surface area contributed by atoms with Gasteiger partial charge in [0.05, 0.1) is 0 Å². The molecule has 1 aliphatic heterocycles. The molecule has 0 saturated carbocycles. The van der Waals surface area contributed by atoms with Crippen LogP contribution in [0.3, 0.4) is 0 Å². The van der Waals surface area contributed by atoms with Gasteiger partial charge in [-0.1, -0.05) is 17.3 Å². The Morgan fingerprint density at radius 1 is 1.40 bits per heavy atom. The van der Waals surface area contributed by atoms with Crippen LogP contribution in [-0.4, -0.2) is 32.7 Å². The van der Waals surface area contributed by atoms with Crippen molar-refractivity contribution in [1.29, 1.82) is 0 Å². The minimum atomic E-state index is -3.41. The van der Waals surface area contributed by atoms with Gasteiger partial charge in [0.15, 0.2) is 5.58 Å². The fourth-order valence-corrected chi connectivity index (χ4v) is 3.83. The highest BCUT2D eigenvalue weighted by atomic mass is 32.2. The Hall–Kier alpha value is -1.44. The first-order valence-electron chi connectivity index (χ1n) is 6.68. The van der Waals surface area contributed by atoms with Crippen molar-refractivity contribution < 1.29 is 12.9 Å². The van der Waals surface area contributed by atoms with Crippen molar-refractivity contribution in [3.8, 4) is 0 Å². The lowest BCUT2D eigenvalue weighted by atomic mass is 10.1. The Morgan fingerprint density at radius 2 is 2.25 bits per heavy atom. The van der Waals surface area contributed by atoms with Crippen molar-refractivity contribution in [3.63, 3.8) is 0 Å². The second kappa shape index (κ2) is 5.51. The zero-order valence-electron chi connectivity index (χ0n) is 11.0. The summed E-state index contributed by atoms with van der Waals surface area (Å²) in [4.78, 5) is 0. The number of aromatic nitrogens is 1. The van der Waals surface area contributed by atoms with Crippen molar-refractivity contribution in [2.45, 2.75) is 24.6 Å². The van der Waals surface area contributed by atoms with E-state index in [4.69, 9.17) is 4.52 Å². The Balaban J connectivity index is 1.75. The minimum Gasteiger partial charge on any atom is -0.356 e. The fraction of sp³-hybridized carbons (Fsp3) is 0.462. The summed E-state index contributed by atoms with van der Waals surface area (Å²) in [5.41, 5.74) is 1.06. The highest BCUT2D eigenvalue weighted by molar-refractivity contribution is 7.88. The summed E-state index contributed by atoms with van der Waals surface area (Å²) in [6.45, 7) is 1.63. The van der Waals surface area contributed by atoms with E-state index in [1.807, 2.05) is 18.2 Å². The second-order valence-corrected chi connectivity index (χ2v) is 6.80. The standard InChI is InChI=1S/C13H17N3O3S/c17-20(18,16-10-4-3-7-14-8-10)9-12-11-5-1-2-6-13(11)19-15-12/h1-2,5-6,10,14,16H,3-4,7-9H2/t10-/m1/s1. The summed E-state index contributed by atoms with van der Waals surface area (Å²) in [6.07, 6.45) is 1.85. The average Bonchev–Trinajstić information content (AvgIpc) is 2.82. The molecule has 0 bridgehead atoms. The van der Waals surface area contributed by atoms with E-state index in [0.29, 0.717) is 17.8 Å². The van der Waals surface area contributed by atoms with Gasteiger partial charge < -0.3 is 9.84 Å². The number of nitrogens with one attached hydrogen (secondary N) is 2.